The molecule has 1 unspecified atom stereocenters. The summed E-state index contributed by atoms with van der Waals surface area (Å²) in [5.74, 6) is 0.106. The summed E-state index contributed by atoms with van der Waals surface area (Å²) in [6.45, 7) is 3.41. The number of hydrogen-bond acceptors (Lipinski definition) is 3. The molecule has 0 spiro atoms. The first kappa shape index (κ1) is 14.5. The van der Waals surface area contributed by atoms with Crippen molar-refractivity contribution in [2.75, 3.05) is 13.6 Å². The summed E-state index contributed by atoms with van der Waals surface area (Å²) >= 11 is 0. The highest BCUT2D eigenvalue weighted by Crippen LogP contribution is 2.23. The molecular weight excluding hydrogens is 260 g/mol. The molecule has 2 rings (SSSR count). The monoisotopic (exact) mass is 282 g/mol. The van der Waals surface area contributed by atoms with Crippen molar-refractivity contribution in [1.29, 1.82) is 0 Å². The van der Waals surface area contributed by atoms with E-state index in [1.807, 2.05) is 38.2 Å². The highest BCUT2D eigenvalue weighted by molar-refractivity contribution is 7.88. The molecule has 1 aromatic carbocycles. The largest absolute Gasteiger partial charge is 0.316 e. The fraction of sp³-hybridized carbons (Fsp3) is 0.571. The Hall–Kier alpha value is -0.910. The molecule has 0 aliphatic carbocycles. The van der Waals surface area contributed by atoms with Crippen molar-refractivity contribution in [3.8, 4) is 0 Å². The van der Waals surface area contributed by atoms with Crippen LogP contribution in [0.2, 0.25) is 0 Å². The summed E-state index contributed by atoms with van der Waals surface area (Å²) in [7, 11) is -1.30. The third-order valence-corrected chi connectivity index (χ3v) is 5.53. The molecular formula is C14H22N2O2S. The Kier molecular flexibility index (Phi) is 4.60. The fourth-order valence-electron chi connectivity index (χ4n) is 2.65. The average molecular weight is 282 g/mol. The van der Waals surface area contributed by atoms with Gasteiger partial charge in [-0.3, -0.25) is 0 Å². The quantitative estimate of drug-likeness (QED) is 0.894. The average Bonchev–Trinajstić information content (AvgIpc) is 2.76. The Morgan fingerprint density at radius 2 is 2.11 bits per heavy atom. The van der Waals surface area contributed by atoms with Crippen LogP contribution >= 0.6 is 0 Å². The zero-order valence-electron chi connectivity index (χ0n) is 11.6. The molecule has 0 radical (unpaired) electrons. The van der Waals surface area contributed by atoms with E-state index in [1.54, 1.807) is 4.31 Å². The maximum Gasteiger partial charge on any atom is 0.218 e. The lowest BCUT2D eigenvalue weighted by atomic mass is 10.1. The van der Waals surface area contributed by atoms with Gasteiger partial charge in [0.1, 0.15) is 0 Å². The van der Waals surface area contributed by atoms with Gasteiger partial charge in [-0.05, 0) is 37.9 Å². The SMILES string of the molecule is CNCc1cccc(CS(=O)(=O)N2CCCC2C)c1. The van der Waals surface area contributed by atoms with Crippen molar-refractivity contribution in [2.24, 2.45) is 0 Å². The van der Waals surface area contributed by atoms with Gasteiger partial charge < -0.3 is 5.32 Å². The van der Waals surface area contributed by atoms with Crippen LogP contribution in [0.15, 0.2) is 24.3 Å². The Morgan fingerprint density at radius 3 is 2.74 bits per heavy atom. The van der Waals surface area contributed by atoms with E-state index >= 15 is 0 Å². The highest BCUT2D eigenvalue weighted by atomic mass is 32.2. The molecule has 106 valence electrons. The molecule has 1 N–H and O–H groups in total. The van der Waals surface area contributed by atoms with E-state index in [0.29, 0.717) is 6.54 Å². The van der Waals surface area contributed by atoms with E-state index in [-0.39, 0.29) is 11.8 Å². The van der Waals surface area contributed by atoms with Crippen molar-refractivity contribution in [3.63, 3.8) is 0 Å². The van der Waals surface area contributed by atoms with Gasteiger partial charge in [0, 0.05) is 19.1 Å². The lowest BCUT2D eigenvalue weighted by molar-refractivity contribution is 0.407. The second-order valence-electron chi connectivity index (χ2n) is 5.21. The van der Waals surface area contributed by atoms with Crippen LogP contribution in [0.1, 0.15) is 30.9 Å². The van der Waals surface area contributed by atoms with Crippen molar-refractivity contribution in [2.45, 2.75) is 38.1 Å². The predicted molar refractivity (Wildman–Crippen MR) is 77.2 cm³/mol. The molecule has 0 saturated carbocycles. The third-order valence-electron chi connectivity index (χ3n) is 3.57. The number of sulfonamides is 1. The molecule has 1 aromatic rings. The minimum atomic E-state index is -3.18. The first-order chi connectivity index (χ1) is 9.03. The Bertz CT molecular complexity index is 528. The summed E-state index contributed by atoms with van der Waals surface area (Å²) in [4.78, 5) is 0. The molecule has 0 amide bonds. The van der Waals surface area contributed by atoms with Crippen molar-refractivity contribution >= 4 is 10.0 Å². The standard InChI is InChI=1S/C14H22N2O2S/c1-12-5-4-8-16(12)19(17,18)11-14-7-3-6-13(9-14)10-15-2/h3,6-7,9,12,15H,4-5,8,10-11H2,1-2H3. The molecule has 1 heterocycles. The smallest absolute Gasteiger partial charge is 0.218 e. The third kappa shape index (κ3) is 3.55. The molecule has 4 nitrogen and oxygen atoms in total. The van der Waals surface area contributed by atoms with Crippen LogP contribution in [-0.2, 0) is 22.3 Å². The molecule has 0 bridgehead atoms. The molecule has 19 heavy (non-hydrogen) atoms. The van der Waals surface area contributed by atoms with E-state index < -0.39 is 10.0 Å². The lowest BCUT2D eigenvalue weighted by Crippen LogP contribution is -2.34. The number of benzene rings is 1. The fourth-order valence-corrected chi connectivity index (χ4v) is 4.47. The van der Waals surface area contributed by atoms with Gasteiger partial charge in [0.05, 0.1) is 5.75 Å². The van der Waals surface area contributed by atoms with Gasteiger partial charge in [0.25, 0.3) is 0 Å². The van der Waals surface area contributed by atoms with E-state index in [2.05, 4.69) is 5.32 Å². The Morgan fingerprint density at radius 1 is 1.37 bits per heavy atom. The Labute approximate surface area is 115 Å². The van der Waals surface area contributed by atoms with Crippen LogP contribution in [-0.4, -0.2) is 32.4 Å². The maximum atomic E-state index is 12.4. The molecule has 1 fully saturated rings. The molecule has 1 saturated heterocycles. The number of rotatable bonds is 5. The Balaban J connectivity index is 2.13. The summed E-state index contributed by atoms with van der Waals surface area (Å²) in [5.41, 5.74) is 1.98. The van der Waals surface area contributed by atoms with Gasteiger partial charge >= 0.3 is 0 Å². The van der Waals surface area contributed by atoms with Gasteiger partial charge in [-0.15, -0.1) is 0 Å². The zero-order chi connectivity index (χ0) is 13.9. The zero-order valence-corrected chi connectivity index (χ0v) is 12.4. The molecule has 1 aliphatic rings. The number of hydrogen-bond donors (Lipinski definition) is 1. The minimum Gasteiger partial charge on any atom is -0.316 e. The van der Waals surface area contributed by atoms with Crippen LogP contribution in [0.3, 0.4) is 0 Å². The second kappa shape index (κ2) is 6.03. The summed E-state index contributed by atoms with van der Waals surface area (Å²) in [6.07, 6.45) is 1.94. The van der Waals surface area contributed by atoms with E-state index in [4.69, 9.17) is 0 Å². The summed E-state index contributed by atoms with van der Waals surface area (Å²) < 4.78 is 26.4. The minimum absolute atomic E-state index is 0.106. The van der Waals surface area contributed by atoms with E-state index in [0.717, 1.165) is 30.5 Å². The van der Waals surface area contributed by atoms with Gasteiger partial charge in [-0.2, -0.15) is 4.31 Å². The van der Waals surface area contributed by atoms with Crippen molar-refractivity contribution in [1.82, 2.24) is 9.62 Å². The van der Waals surface area contributed by atoms with Crippen LogP contribution in [0.25, 0.3) is 0 Å². The summed E-state index contributed by atoms with van der Waals surface area (Å²) in [6, 6.07) is 7.92. The topological polar surface area (TPSA) is 49.4 Å². The van der Waals surface area contributed by atoms with Gasteiger partial charge in [0.2, 0.25) is 10.0 Å². The van der Waals surface area contributed by atoms with Crippen LogP contribution < -0.4 is 5.32 Å². The predicted octanol–water partition coefficient (Wildman–Crippen LogP) is 1.72. The molecule has 1 aliphatic heterocycles. The number of nitrogens with zero attached hydrogens (tertiary/aromatic N) is 1. The van der Waals surface area contributed by atoms with Gasteiger partial charge in [-0.25, -0.2) is 8.42 Å². The van der Waals surface area contributed by atoms with Gasteiger partial charge in [0.15, 0.2) is 0 Å². The van der Waals surface area contributed by atoms with Crippen LogP contribution in [0.4, 0.5) is 0 Å². The van der Waals surface area contributed by atoms with Gasteiger partial charge in [-0.1, -0.05) is 24.3 Å². The van der Waals surface area contributed by atoms with Crippen molar-refractivity contribution < 1.29 is 8.42 Å². The maximum absolute atomic E-state index is 12.4. The lowest BCUT2D eigenvalue weighted by Gasteiger charge is -2.21. The number of nitrogens with one attached hydrogen (secondary N) is 1. The molecule has 1 atom stereocenters. The van der Waals surface area contributed by atoms with E-state index in [1.165, 1.54) is 0 Å². The normalized spacial score (nSPS) is 20.8. The van der Waals surface area contributed by atoms with Crippen LogP contribution in [0.5, 0.6) is 0 Å². The highest BCUT2D eigenvalue weighted by Gasteiger charge is 2.31. The van der Waals surface area contributed by atoms with E-state index in [9.17, 15) is 8.42 Å². The summed E-state index contributed by atoms with van der Waals surface area (Å²) in [5, 5.41) is 3.08. The second-order valence-corrected chi connectivity index (χ2v) is 7.13. The first-order valence-electron chi connectivity index (χ1n) is 6.75. The first-order valence-corrected chi connectivity index (χ1v) is 8.36. The van der Waals surface area contributed by atoms with Crippen molar-refractivity contribution in [3.05, 3.63) is 35.4 Å². The van der Waals surface area contributed by atoms with Crippen LogP contribution in [0, 0.1) is 0 Å². The molecule has 0 aromatic heterocycles. The molecule has 5 heteroatoms.